The second-order valence-corrected chi connectivity index (χ2v) is 7.51. The molecule has 1 aliphatic rings. The third kappa shape index (κ3) is 7.06. The fourth-order valence-electron chi connectivity index (χ4n) is 3.80. The number of rotatable bonds is 10. The molecule has 0 N–H and O–H groups in total. The molecule has 3 heteroatoms. The van der Waals surface area contributed by atoms with Gasteiger partial charge in [0, 0.05) is 0 Å². The summed E-state index contributed by atoms with van der Waals surface area (Å²) in [6.07, 6.45) is 14.6. The highest BCUT2D eigenvalue weighted by molar-refractivity contribution is 5.35. The van der Waals surface area contributed by atoms with Crippen LogP contribution >= 0.6 is 0 Å². The van der Waals surface area contributed by atoms with Crippen molar-refractivity contribution in [3.05, 3.63) is 29.6 Å². The summed E-state index contributed by atoms with van der Waals surface area (Å²) in [6.45, 7) is 2.85. The van der Waals surface area contributed by atoms with E-state index in [1.165, 1.54) is 76.7 Å². The maximum atomic E-state index is 13.8. The van der Waals surface area contributed by atoms with Gasteiger partial charge in [0.05, 0.1) is 18.2 Å². The van der Waals surface area contributed by atoms with E-state index in [0.29, 0.717) is 18.1 Å². The second-order valence-electron chi connectivity index (χ2n) is 7.51. The third-order valence-electron chi connectivity index (χ3n) is 5.47. The van der Waals surface area contributed by atoms with Crippen LogP contribution in [0.25, 0.3) is 0 Å². The molecule has 1 aromatic rings. The Morgan fingerprint density at radius 1 is 1.04 bits per heavy atom. The lowest BCUT2D eigenvalue weighted by molar-refractivity contribution is 0.173. The Morgan fingerprint density at radius 2 is 1.72 bits per heavy atom. The highest BCUT2D eigenvalue weighted by Crippen LogP contribution is 2.32. The fraction of sp³-hybridized carbons (Fsp3) is 0.682. The first-order valence-corrected chi connectivity index (χ1v) is 10.1. The van der Waals surface area contributed by atoms with E-state index in [2.05, 4.69) is 6.92 Å². The summed E-state index contributed by atoms with van der Waals surface area (Å²) in [7, 11) is 0. The lowest BCUT2D eigenvalue weighted by Gasteiger charge is -2.28. The van der Waals surface area contributed by atoms with Crippen molar-refractivity contribution in [3.8, 4) is 11.8 Å². The number of ether oxygens (including phenoxy) is 1. The summed E-state index contributed by atoms with van der Waals surface area (Å²) < 4.78 is 19.5. The van der Waals surface area contributed by atoms with Crippen LogP contribution in [0.2, 0.25) is 0 Å². The molecule has 1 fully saturated rings. The van der Waals surface area contributed by atoms with Crippen molar-refractivity contribution in [1.29, 1.82) is 5.26 Å². The molecule has 0 amide bonds. The van der Waals surface area contributed by atoms with E-state index in [1.807, 2.05) is 6.07 Å². The van der Waals surface area contributed by atoms with Gasteiger partial charge in [-0.1, -0.05) is 64.7 Å². The van der Waals surface area contributed by atoms with Crippen LogP contribution < -0.4 is 4.74 Å². The molecule has 0 unspecified atom stereocenters. The molecule has 0 radical (unpaired) electrons. The summed E-state index contributed by atoms with van der Waals surface area (Å²) in [5, 5.41) is 8.77. The largest absolute Gasteiger partial charge is 0.490 e. The summed E-state index contributed by atoms with van der Waals surface area (Å²) in [6, 6.07) is 6.36. The van der Waals surface area contributed by atoms with E-state index in [4.69, 9.17) is 10.00 Å². The molecular formula is C22H32FNO. The van der Waals surface area contributed by atoms with Crippen molar-refractivity contribution in [2.75, 3.05) is 6.61 Å². The van der Waals surface area contributed by atoms with Gasteiger partial charge in [-0.2, -0.15) is 5.26 Å². The minimum atomic E-state index is -0.434. The quantitative estimate of drug-likeness (QED) is 0.446. The van der Waals surface area contributed by atoms with E-state index in [9.17, 15) is 4.39 Å². The van der Waals surface area contributed by atoms with E-state index in [0.717, 1.165) is 5.92 Å². The normalized spacial score (nSPS) is 20.2. The first kappa shape index (κ1) is 19.8. The molecule has 1 saturated carbocycles. The fourth-order valence-corrected chi connectivity index (χ4v) is 3.80. The smallest absolute Gasteiger partial charge is 0.166 e. The molecule has 25 heavy (non-hydrogen) atoms. The summed E-state index contributed by atoms with van der Waals surface area (Å²) in [4.78, 5) is 0. The van der Waals surface area contributed by atoms with Crippen LogP contribution in [-0.4, -0.2) is 6.61 Å². The van der Waals surface area contributed by atoms with Gasteiger partial charge in [-0.25, -0.2) is 4.39 Å². The number of unbranched alkanes of at least 4 members (excludes halogenated alkanes) is 5. The maximum absolute atomic E-state index is 13.8. The average Bonchev–Trinajstić information content (AvgIpc) is 2.64. The van der Waals surface area contributed by atoms with Gasteiger partial charge in [-0.3, -0.25) is 0 Å². The lowest BCUT2D eigenvalue weighted by Crippen LogP contribution is -2.20. The third-order valence-corrected chi connectivity index (χ3v) is 5.47. The van der Waals surface area contributed by atoms with Gasteiger partial charge in [0.2, 0.25) is 0 Å². The zero-order chi connectivity index (χ0) is 17.9. The minimum absolute atomic E-state index is 0.271. The molecule has 0 bridgehead atoms. The Morgan fingerprint density at radius 3 is 2.40 bits per heavy atom. The zero-order valence-electron chi connectivity index (χ0n) is 15.6. The highest BCUT2D eigenvalue weighted by Gasteiger charge is 2.21. The van der Waals surface area contributed by atoms with Crippen molar-refractivity contribution in [3.63, 3.8) is 0 Å². The molecule has 0 aromatic heterocycles. The number of nitriles is 1. The molecule has 2 nitrogen and oxygen atoms in total. The second kappa shape index (κ2) is 11.1. The highest BCUT2D eigenvalue weighted by atomic mass is 19.1. The first-order valence-electron chi connectivity index (χ1n) is 10.1. The van der Waals surface area contributed by atoms with E-state index in [1.54, 1.807) is 12.1 Å². The Kier molecular flexibility index (Phi) is 8.80. The summed E-state index contributed by atoms with van der Waals surface area (Å²) in [5.74, 6) is 1.26. The number of hydrogen-bond donors (Lipinski definition) is 0. The molecule has 1 aromatic carbocycles. The van der Waals surface area contributed by atoms with Crippen LogP contribution in [0.3, 0.4) is 0 Å². The van der Waals surface area contributed by atoms with Crippen molar-refractivity contribution in [2.24, 2.45) is 11.8 Å². The molecule has 0 aliphatic heterocycles. The predicted molar refractivity (Wildman–Crippen MR) is 100 cm³/mol. The Hall–Kier alpha value is -1.56. The van der Waals surface area contributed by atoms with Crippen LogP contribution in [-0.2, 0) is 0 Å². The van der Waals surface area contributed by atoms with Gasteiger partial charge in [0.1, 0.15) is 0 Å². The van der Waals surface area contributed by atoms with E-state index in [-0.39, 0.29) is 5.75 Å². The molecule has 2 rings (SSSR count). The SMILES string of the molecule is CCCCCCCC[C@H]1CC[C@H](COc2ccc(C#N)cc2F)CC1. The van der Waals surface area contributed by atoms with Crippen molar-refractivity contribution in [1.82, 2.24) is 0 Å². The van der Waals surface area contributed by atoms with Crippen molar-refractivity contribution in [2.45, 2.75) is 77.6 Å². The summed E-state index contributed by atoms with van der Waals surface area (Å²) in [5.41, 5.74) is 0.333. The monoisotopic (exact) mass is 345 g/mol. The molecule has 0 saturated heterocycles. The topological polar surface area (TPSA) is 33.0 Å². The molecule has 0 atom stereocenters. The molecular weight excluding hydrogens is 313 g/mol. The van der Waals surface area contributed by atoms with E-state index < -0.39 is 5.82 Å². The van der Waals surface area contributed by atoms with Crippen molar-refractivity contribution >= 4 is 0 Å². The van der Waals surface area contributed by atoms with Crippen molar-refractivity contribution < 1.29 is 9.13 Å². The maximum Gasteiger partial charge on any atom is 0.166 e. The number of nitrogens with zero attached hydrogens (tertiary/aromatic N) is 1. The summed E-state index contributed by atoms with van der Waals surface area (Å²) >= 11 is 0. The Balaban J connectivity index is 1.60. The van der Waals surface area contributed by atoms with Crippen LogP contribution in [0.15, 0.2) is 18.2 Å². The molecule has 0 heterocycles. The lowest BCUT2D eigenvalue weighted by atomic mass is 9.80. The first-order chi connectivity index (χ1) is 12.2. The van der Waals surface area contributed by atoms with Gasteiger partial charge in [0.15, 0.2) is 11.6 Å². The molecule has 1 aliphatic carbocycles. The van der Waals surface area contributed by atoms with E-state index >= 15 is 0 Å². The number of halogens is 1. The Bertz CT molecular complexity index is 543. The molecule has 0 spiro atoms. The van der Waals surface area contributed by atoms with Gasteiger partial charge < -0.3 is 4.74 Å². The van der Waals surface area contributed by atoms with Gasteiger partial charge in [0.25, 0.3) is 0 Å². The average molecular weight is 346 g/mol. The zero-order valence-corrected chi connectivity index (χ0v) is 15.6. The van der Waals surface area contributed by atoms with Crippen LogP contribution in [0.5, 0.6) is 5.75 Å². The van der Waals surface area contributed by atoms with Gasteiger partial charge in [-0.15, -0.1) is 0 Å². The standard InChI is InChI=1S/C22H32FNO/c1-2-3-4-5-6-7-8-18-9-11-19(12-10-18)17-25-22-14-13-20(16-24)15-21(22)23/h13-15,18-19H,2-12,17H2,1H3/t18-,19-. The van der Waals surface area contributed by atoms with Gasteiger partial charge in [-0.05, 0) is 42.9 Å². The minimum Gasteiger partial charge on any atom is -0.490 e. The predicted octanol–water partition coefficient (Wildman–Crippen LogP) is 6.63. The van der Waals surface area contributed by atoms with Gasteiger partial charge >= 0.3 is 0 Å². The molecule has 138 valence electrons. The van der Waals surface area contributed by atoms with Crippen LogP contribution in [0.1, 0.15) is 83.1 Å². The Labute approximate surface area is 152 Å². The number of hydrogen-bond acceptors (Lipinski definition) is 2. The number of benzene rings is 1. The van der Waals surface area contributed by atoms with Crippen LogP contribution in [0, 0.1) is 29.0 Å². The van der Waals surface area contributed by atoms with Crippen LogP contribution in [0.4, 0.5) is 4.39 Å².